The molecule has 2 aromatic carbocycles. The molecule has 1 N–H and O–H groups in total. The van der Waals surface area contributed by atoms with Crippen LogP contribution in [-0.4, -0.2) is 12.5 Å². The average molecular weight is 322 g/mol. The van der Waals surface area contributed by atoms with Crippen molar-refractivity contribution in [3.05, 3.63) is 57.9 Å². The van der Waals surface area contributed by atoms with Crippen LogP contribution in [0.1, 0.15) is 16.7 Å². The molecular formula is C17H17ClFNO2. The number of nitrogens with one attached hydrogen (secondary N) is 1. The largest absolute Gasteiger partial charge is 0.483 e. The molecule has 0 spiro atoms. The molecule has 0 aromatic heterocycles. The molecule has 0 fully saturated rings. The highest BCUT2D eigenvalue weighted by atomic mass is 35.5. The van der Waals surface area contributed by atoms with Crippen LogP contribution in [0, 0.1) is 26.6 Å². The van der Waals surface area contributed by atoms with Gasteiger partial charge in [0.25, 0.3) is 5.91 Å². The fourth-order valence-corrected chi connectivity index (χ4v) is 2.48. The van der Waals surface area contributed by atoms with Gasteiger partial charge in [-0.05, 0) is 50.1 Å². The summed E-state index contributed by atoms with van der Waals surface area (Å²) in [6.07, 6.45) is 0. The lowest BCUT2D eigenvalue weighted by molar-refractivity contribution is -0.118. The van der Waals surface area contributed by atoms with Crippen LogP contribution >= 0.6 is 11.6 Å². The van der Waals surface area contributed by atoms with E-state index in [1.165, 1.54) is 18.2 Å². The third-order valence-electron chi connectivity index (χ3n) is 3.16. The van der Waals surface area contributed by atoms with Gasteiger partial charge in [-0.25, -0.2) is 4.39 Å². The molecule has 0 aliphatic carbocycles. The predicted molar refractivity (Wildman–Crippen MR) is 86.2 cm³/mol. The number of halogens is 2. The van der Waals surface area contributed by atoms with Crippen molar-refractivity contribution in [1.29, 1.82) is 0 Å². The summed E-state index contributed by atoms with van der Waals surface area (Å²) in [5.41, 5.74) is 3.54. The Hall–Kier alpha value is -2.07. The number of ether oxygens (including phenoxy) is 1. The standard InChI is InChI=1S/C17H17ClFNO2/c1-10-6-11(2)17(12(3)7-10)22-9-16(21)20-13-4-5-15(19)14(18)8-13/h4-8H,9H2,1-3H3,(H,20,21). The van der Waals surface area contributed by atoms with Crippen LogP contribution in [0.15, 0.2) is 30.3 Å². The highest BCUT2D eigenvalue weighted by Gasteiger charge is 2.09. The Morgan fingerprint density at radius 2 is 1.82 bits per heavy atom. The highest BCUT2D eigenvalue weighted by Crippen LogP contribution is 2.24. The zero-order valence-electron chi connectivity index (χ0n) is 12.7. The molecule has 0 atom stereocenters. The minimum atomic E-state index is -0.526. The molecule has 22 heavy (non-hydrogen) atoms. The van der Waals surface area contributed by atoms with E-state index in [1.54, 1.807) is 0 Å². The fourth-order valence-electron chi connectivity index (χ4n) is 2.30. The molecule has 2 aromatic rings. The van der Waals surface area contributed by atoms with Crippen LogP contribution in [0.4, 0.5) is 10.1 Å². The SMILES string of the molecule is Cc1cc(C)c(OCC(=O)Nc2ccc(F)c(Cl)c2)c(C)c1. The van der Waals surface area contributed by atoms with E-state index in [0.717, 1.165) is 16.7 Å². The number of benzene rings is 2. The predicted octanol–water partition coefficient (Wildman–Crippen LogP) is 4.42. The van der Waals surface area contributed by atoms with Gasteiger partial charge in [0, 0.05) is 5.69 Å². The van der Waals surface area contributed by atoms with Crippen LogP contribution in [0.25, 0.3) is 0 Å². The Bertz CT molecular complexity index is 693. The molecule has 0 heterocycles. The molecule has 5 heteroatoms. The van der Waals surface area contributed by atoms with Crippen LogP contribution in [-0.2, 0) is 4.79 Å². The quantitative estimate of drug-likeness (QED) is 0.905. The number of carbonyl (C=O) groups is 1. The second-order valence-corrected chi connectivity index (χ2v) is 5.60. The lowest BCUT2D eigenvalue weighted by Crippen LogP contribution is -2.20. The van der Waals surface area contributed by atoms with Gasteiger partial charge in [0.15, 0.2) is 6.61 Å². The normalized spacial score (nSPS) is 10.4. The van der Waals surface area contributed by atoms with E-state index in [4.69, 9.17) is 16.3 Å². The summed E-state index contributed by atoms with van der Waals surface area (Å²) in [7, 11) is 0. The molecule has 0 aliphatic rings. The first-order valence-electron chi connectivity index (χ1n) is 6.82. The van der Waals surface area contributed by atoms with E-state index in [-0.39, 0.29) is 17.5 Å². The number of rotatable bonds is 4. The van der Waals surface area contributed by atoms with Crippen LogP contribution in [0.5, 0.6) is 5.75 Å². The molecule has 2 rings (SSSR count). The number of anilines is 1. The first-order chi connectivity index (χ1) is 10.4. The first-order valence-corrected chi connectivity index (χ1v) is 7.20. The van der Waals surface area contributed by atoms with Gasteiger partial charge in [0.1, 0.15) is 11.6 Å². The van der Waals surface area contributed by atoms with Gasteiger partial charge in [0.2, 0.25) is 0 Å². The number of hydrogen-bond donors (Lipinski definition) is 1. The summed E-state index contributed by atoms with van der Waals surface area (Å²) < 4.78 is 18.6. The van der Waals surface area contributed by atoms with Crippen molar-refractivity contribution in [3.8, 4) is 5.75 Å². The maximum atomic E-state index is 13.1. The van der Waals surface area contributed by atoms with E-state index in [9.17, 15) is 9.18 Å². The molecule has 0 saturated carbocycles. The summed E-state index contributed by atoms with van der Waals surface area (Å²) in [4.78, 5) is 11.9. The van der Waals surface area contributed by atoms with Crippen molar-refractivity contribution >= 4 is 23.2 Å². The zero-order chi connectivity index (χ0) is 16.3. The van der Waals surface area contributed by atoms with E-state index < -0.39 is 5.82 Å². The van der Waals surface area contributed by atoms with Crippen molar-refractivity contribution in [2.45, 2.75) is 20.8 Å². The Kier molecular flexibility index (Phi) is 5.03. The van der Waals surface area contributed by atoms with E-state index in [0.29, 0.717) is 11.4 Å². The maximum absolute atomic E-state index is 13.1. The van der Waals surface area contributed by atoms with Crippen molar-refractivity contribution < 1.29 is 13.9 Å². The lowest BCUT2D eigenvalue weighted by Gasteiger charge is -2.13. The topological polar surface area (TPSA) is 38.3 Å². The van der Waals surface area contributed by atoms with Gasteiger partial charge in [0.05, 0.1) is 5.02 Å². The molecule has 116 valence electrons. The summed E-state index contributed by atoms with van der Waals surface area (Å²) in [5, 5.41) is 2.58. The summed E-state index contributed by atoms with van der Waals surface area (Å²) in [5.74, 6) is -0.151. The molecule has 0 radical (unpaired) electrons. The van der Waals surface area contributed by atoms with Crippen molar-refractivity contribution in [3.63, 3.8) is 0 Å². The van der Waals surface area contributed by atoms with Crippen molar-refractivity contribution in [1.82, 2.24) is 0 Å². The van der Waals surface area contributed by atoms with Crippen molar-refractivity contribution in [2.24, 2.45) is 0 Å². The van der Waals surface area contributed by atoms with Gasteiger partial charge in [-0.3, -0.25) is 4.79 Å². The molecule has 3 nitrogen and oxygen atoms in total. The smallest absolute Gasteiger partial charge is 0.262 e. The van der Waals surface area contributed by atoms with E-state index in [1.807, 2.05) is 32.9 Å². The molecule has 0 aliphatic heterocycles. The van der Waals surface area contributed by atoms with Crippen LogP contribution < -0.4 is 10.1 Å². The second-order valence-electron chi connectivity index (χ2n) is 5.19. The highest BCUT2D eigenvalue weighted by molar-refractivity contribution is 6.31. The minimum Gasteiger partial charge on any atom is -0.483 e. The Morgan fingerprint density at radius 1 is 1.18 bits per heavy atom. The molecule has 1 amide bonds. The first kappa shape index (κ1) is 16.3. The minimum absolute atomic E-state index is 0.0380. The third kappa shape index (κ3) is 3.98. The zero-order valence-corrected chi connectivity index (χ0v) is 13.4. The fraction of sp³-hybridized carbons (Fsp3) is 0.235. The summed E-state index contributed by atoms with van der Waals surface area (Å²) >= 11 is 5.67. The van der Waals surface area contributed by atoms with Gasteiger partial charge in [-0.1, -0.05) is 29.3 Å². The van der Waals surface area contributed by atoms with Gasteiger partial charge in [-0.15, -0.1) is 0 Å². The van der Waals surface area contributed by atoms with Gasteiger partial charge < -0.3 is 10.1 Å². The van der Waals surface area contributed by atoms with Crippen LogP contribution in [0.2, 0.25) is 5.02 Å². The molecule has 0 saturated heterocycles. The van der Waals surface area contributed by atoms with Gasteiger partial charge >= 0.3 is 0 Å². The lowest BCUT2D eigenvalue weighted by atomic mass is 10.1. The monoisotopic (exact) mass is 321 g/mol. The molecule has 0 unspecified atom stereocenters. The Balaban J connectivity index is 2.00. The number of amides is 1. The Labute approximate surface area is 134 Å². The van der Waals surface area contributed by atoms with E-state index in [2.05, 4.69) is 5.32 Å². The van der Waals surface area contributed by atoms with Crippen molar-refractivity contribution in [2.75, 3.05) is 11.9 Å². The molecular weight excluding hydrogens is 305 g/mol. The Morgan fingerprint density at radius 3 is 2.41 bits per heavy atom. The number of carbonyl (C=O) groups excluding carboxylic acids is 1. The third-order valence-corrected chi connectivity index (χ3v) is 3.45. The summed E-state index contributed by atoms with van der Waals surface area (Å²) in [6.45, 7) is 5.76. The average Bonchev–Trinajstić information content (AvgIpc) is 2.41. The van der Waals surface area contributed by atoms with Crippen LogP contribution in [0.3, 0.4) is 0 Å². The number of aryl methyl sites for hydroxylation is 3. The second kappa shape index (κ2) is 6.79. The summed E-state index contributed by atoms with van der Waals surface area (Å²) in [6, 6.07) is 8.01. The molecule has 0 bridgehead atoms. The number of hydrogen-bond acceptors (Lipinski definition) is 2. The maximum Gasteiger partial charge on any atom is 0.262 e. The van der Waals surface area contributed by atoms with E-state index >= 15 is 0 Å². The van der Waals surface area contributed by atoms with Gasteiger partial charge in [-0.2, -0.15) is 0 Å².